The quantitative estimate of drug-likeness (QED) is 0.372. The molecule has 12 heteroatoms. The van der Waals surface area contributed by atoms with Gasteiger partial charge in [-0.3, -0.25) is 9.59 Å². The molecule has 0 bridgehead atoms. The van der Waals surface area contributed by atoms with E-state index in [9.17, 15) is 14.9 Å². The third kappa shape index (κ3) is 6.05. The molecule has 0 aliphatic carbocycles. The number of carbonyl (C=O) groups excluding carboxylic acids is 2. The number of nitrogens with one attached hydrogen (secondary N) is 2. The molecule has 0 saturated carbocycles. The highest BCUT2D eigenvalue weighted by Gasteiger charge is 2.21. The third-order valence-electron chi connectivity index (χ3n) is 5.20. The van der Waals surface area contributed by atoms with Crippen molar-refractivity contribution in [3.8, 4) is 23.3 Å². The highest BCUT2D eigenvalue weighted by Crippen LogP contribution is 2.39. The summed E-state index contributed by atoms with van der Waals surface area (Å²) in [6.45, 7) is 0.475. The molecule has 2 amide bonds. The molecule has 2 N–H and O–H groups in total. The number of nitrogens with zero attached hydrogens (tertiary/aromatic N) is 4. The molecule has 0 radical (unpaired) electrons. The lowest BCUT2D eigenvalue weighted by Gasteiger charge is -2.15. The van der Waals surface area contributed by atoms with E-state index in [1.54, 1.807) is 36.0 Å². The van der Waals surface area contributed by atoms with Gasteiger partial charge in [0, 0.05) is 11.4 Å². The van der Waals surface area contributed by atoms with Gasteiger partial charge in [0.2, 0.25) is 5.75 Å². The third-order valence-corrected chi connectivity index (χ3v) is 5.94. The number of carbonyl (C=O) groups is 2. The topological polar surface area (TPSA) is 140 Å². The Morgan fingerprint density at radius 1 is 1.06 bits per heavy atom. The monoisotopic (exact) mass is 510 g/mol. The summed E-state index contributed by atoms with van der Waals surface area (Å²) in [5.74, 6) is 0.102. The molecule has 0 saturated heterocycles. The molecule has 3 rings (SSSR count). The van der Waals surface area contributed by atoms with E-state index in [0.717, 1.165) is 4.90 Å². The lowest BCUT2D eigenvalue weighted by Crippen LogP contribution is -2.28. The maximum atomic E-state index is 12.7. The minimum atomic E-state index is -0.825. The highest BCUT2D eigenvalue weighted by atomic mass is 32.2. The fourth-order valence-corrected chi connectivity index (χ4v) is 3.77. The zero-order valence-electron chi connectivity index (χ0n) is 20.3. The Balaban J connectivity index is 1.58. The molecular weight excluding hydrogens is 484 g/mol. The van der Waals surface area contributed by atoms with Crippen LogP contribution >= 0.6 is 11.8 Å². The number of nitriles is 1. The minimum Gasteiger partial charge on any atom is -0.493 e. The van der Waals surface area contributed by atoms with Gasteiger partial charge in [0.15, 0.2) is 17.2 Å². The first kappa shape index (κ1) is 26.4. The zero-order chi connectivity index (χ0) is 26.1. The fraction of sp³-hybridized carbons (Fsp3) is 0.292. The standard InChI is InChI=1S/C24H26N6O5S/c1-33-20-10-9-17(21(34-2)22(20)35-3)23(31)26-11-12-30-14-19(28-29-30)24(32)27-18(13-25)15-5-7-16(36-4)8-6-15/h5-10,14,18H,11-12H2,1-4H3,(H,26,31)(H,27,32). The molecule has 0 aliphatic heterocycles. The van der Waals surface area contributed by atoms with Crippen LogP contribution in [-0.4, -0.2) is 60.9 Å². The van der Waals surface area contributed by atoms with E-state index in [0.29, 0.717) is 17.1 Å². The second-order valence-electron chi connectivity index (χ2n) is 7.31. The molecule has 1 aromatic heterocycles. The van der Waals surface area contributed by atoms with E-state index in [1.807, 2.05) is 18.4 Å². The van der Waals surface area contributed by atoms with E-state index in [2.05, 4.69) is 27.0 Å². The van der Waals surface area contributed by atoms with Gasteiger partial charge in [0.05, 0.1) is 45.7 Å². The van der Waals surface area contributed by atoms with Crippen molar-refractivity contribution in [2.45, 2.75) is 17.5 Å². The largest absolute Gasteiger partial charge is 0.493 e. The minimum absolute atomic E-state index is 0.0591. The van der Waals surface area contributed by atoms with Gasteiger partial charge in [-0.15, -0.1) is 16.9 Å². The van der Waals surface area contributed by atoms with Crippen LogP contribution in [0.5, 0.6) is 17.2 Å². The molecule has 1 heterocycles. The summed E-state index contributed by atoms with van der Waals surface area (Å²) in [4.78, 5) is 26.3. The van der Waals surface area contributed by atoms with Crippen molar-refractivity contribution >= 4 is 23.6 Å². The van der Waals surface area contributed by atoms with Crippen LogP contribution in [0.4, 0.5) is 0 Å². The number of amides is 2. The molecule has 188 valence electrons. The average Bonchev–Trinajstić information content (AvgIpc) is 3.39. The predicted molar refractivity (Wildman–Crippen MR) is 132 cm³/mol. The Labute approximate surface area is 212 Å². The second kappa shape index (κ2) is 12.5. The number of benzene rings is 2. The lowest BCUT2D eigenvalue weighted by molar-refractivity contribution is 0.0934. The molecule has 2 aromatic carbocycles. The summed E-state index contributed by atoms with van der Waals surface area (Å²) in [5.41, 5.74) is 1.01. The van der Waals surface area contributed by atoms with Gasteiger partial charge in [-0.1, -0.05) is 17.3 Å². The van der Waals surface area contributed by atoms with Crippen LogP contribution in [0.15, 0.2) is 47.5 Å². The van der Waals surface area contributed by atoms with Crippen molar-refractivity contribution in [1.29, 1.82) is 5.26 Å². The van der Waals surface area contributed by atoms with Crippen molar-refractivity contribution in [1.82, 2.24) is 25.6 Å². The van der Waals surface area contributed by atoms with Crippen LogP contribution in [0.1, 0.15) is 32.5 Å². The molecule has 36 heavy (non-hydrogen) atoms. The number of aromatic nitrogens is 3. The summed E-state index contributed by atoms with van der Waals surface area (Å²) >= 11 is 1.59. The number of hydrogen-bond donors (Lipinski definition) is 2. The van der Waals surface area contributed by atoms with Crippen molar-refractivity contribution in [3.63, 3.8) is 0 Å². The van der Waals surface area contributed by atoms with Gasteiger partial charge >= 0.3 is 0 Å². The number of methoxy groups -OCH3 is 3. The van der Waals surface area contributed by atoms with Gasteiger partial charge in [0.1, 0.15) is 6.04 Å². The normalized spacial score (nSPS) is 11.2. The maximum absolute atomic E-state index is 12.7. The van der Waals surface area contributed by atoms with Crippen LogP contribution in [0, 0.1) is 11.3 Å². The predicted octanol–water partition coefficient (Wildman–Crippen LogP) is 2.45. The molecule has 1 unspecified atom stereocenters. The van der Waals surface area contributed by atoms with Gasteiger partial charge in [0.25, 0.3) is 11.8 Å². The SMILES string of the molecule is COc1ccc(C(=O)NCCn2cc(C(=O)NC(C#N)c3ccc(SC)cc3)nn2)c(OC)c1OC. The zero-order valence-corrected chi connectivity index (χ0v) is 21.1. The summed E-state index contributed by atoms with van der Waals surface area (Å²) in [6, 6.07) is 11.8. The van der Waals surface area contributed by atoms with Gasteiger partial charge in [-0.2, -0.15) is 5.26 Å². The molecule has 3 aromatic rings. The molecule has 0 spiro atoms. The Morgan fingerprint density at radius 2 is 1.78 bits per heavy atom. The molecule has 0 aliphatic rings. The summed E-state index contributed by atoms with van der Waals surface area (Å²) in [7, 11) is 4.39. The second-order valence-corrected chi connectivity index (χ2v) is 8.19. The smallest absolute Gasteiger partial charge is 0.274 e. The first-order chi connectivity index (χ1) is 17.4. The van der Waals surface area contributed by atoms with E-state index in [1.165, 1.54) is 32.2 Å². The molecular formula is C24H26N6O5S. The fourth-order valence-electron chi connectivity index (χ4n) is 3.36. The summed E-state index contributed by atoms with van der Waals surface area (Å²) in [6.07, 6.45) is 3.41. The van der Waals surface area contributed by atoms with E-state index in [4.69, 9.17) is 14.2 Å². The Kier molecular flexibility index (Phi) is 9.13. The van der Waals surface area contributed by atoms with Crippen molar-refractivity contribution in [2.75, 3.05) is 34.1 Å². The van der Waals surface area contributed by atoms with E-state index >= 15 is 0 Å². The molecule has 11 nitrogen and oxygen atoms in total. The van der Waals surface area contributed by atoms with Crippen LogP contribution < -0.4 is 24.8 Å². The summed E-state index contributed by atoms with van der Waals surface area (Å²) < 4.78 is 17.3. The maximum Gasteiger partial charge on any atom is 0.274 e. The van der Waals surface area contributed by atoms with Gasteiger partial charge in [-0.05, 0) is 36.1 Å². The first-order valence-corrected chi connectivity index (χ1v) is 12.0. The van der Waals surface area contributed by atoms with Crippen LogP contribution in [0.25, 0.3) is 0 Å². The number of rotatable bonds is 11. The van der Waals surface area contributed by atoms with E-state index in [-0.39, 0.29) is 36.0 Å². The van der Waals surface area contributed by atoms with Crippen molar-refractivity contribution in [3.05, 3.63) is 59.4 Å². The van der Waals surface area contributed by atoms with Crippen molar-refractivity contribution < 1.29 is 23.8 Å². The average molecular weight is 511 g/mol. The molecule has 1 atom stereocenters. The lowest BCUT2D eigenvalue weighted by atomic mass is 10.1. The Morgan fingerprint density at radius 3 is 2.39 bits per heavy atom. The van der Waals surface area contributed by atoms with Gasteiger partial charge in [-0.25, -0.2) is 4.68 Å². The number of thioether (sulfide) groups is 1. The Hall–Kier alpha value is -4.24. The number of hydrogen-bond acceptors (Lipinski definition) is 9. The van der Waals surface area contributed by atoms with Crippen molar-refractivity contribution in [2.24, 2.45) is 0 Å². The Bertz CT molecular complexity index is 1250. The van der Waals surface area contributed by atoms with Crippen LogP contribution in [0.3, 0.4) is 0 Å². The van der Waals surface area contributed by atoms with E-state index < -0.39 is 11.9 Å². The van der Waals surface area contributed by atoms with Crippen LogP contribution in [-0.2, 0) is 6.54 Å². The van der Waals surface area contributed by atoms with Gasteiger partial charge < -0.3 is 24.8 Å². The summed E-state index contributed by atoms with van der Waals surface area (Å²) in [5, 5.41) is 22.7. The first-order valence-electron chi connectivity index (χ1n) is 10.8. The highest BCUT2D eigenvalue weighted by molar-refractivity contribution is 7.98. The number of ether oxygens (including phenoxy) is 3. The molecule has 0 fully saturated rings. The van der Waals surface area contributed by atoms with Crippen LogP contribution in [0.2, 0.25) is 0 Å².